The number of aromatic nitrogens is 4. The van der Waals surface area contributed by atoms with E-state index in [0.717, 1.165) is 36.9 Å². The van der Waals surface area contributed by atoms with Gasteiger partial charge in [0.2, 0.25) is 5.95 Å². The number of alkyl halides is 3. The highest BCUT2D eigenvalue weighted by Gasteiger charge is 2.32. The number of hydrogen-bond acceptors (Lipinski definition) is 7. The third kappa shape index (κ3) is 4.42. The Kier molecular flexibility index (Phi) is 5.47. The second-order valence-electron chi connectivity index (χ2n) is 6.78. The van der Waals surface area contributed by atoms with E-state index in [1.165, 1.54) is 0 Å². The van der Waals surface area contributed by atoms with E-state index in [0.29, 0.717) is 39.5 Å². The number of hydrogen-bond donors (Lipinski definition) is 1. The Bertz CT molecular complexity index is 789. The number of morpholine rings is 1. The van der Waals surface area contributed by atoms with Crippen molar-refractivity contribution >= 4 is 5.95 Å². The number of halogens is 3. The molecule has 0 amide bonds. The van der Waals surface area contributed by atoms with Crippen LogP contribution >= 0.6 is 0 Å². The van der Waals surface area contributed by atoms with Crippen LogP contribution < -0.4 is 10.2 Å². The number of rotatable bonds is 5. The van der Waals surface area contributed by atoms with Gasteiger partial charge in [0.05, 0.1) is 62.5 Å². The fourth-order valence-corrected chi connectivity index (χ4v) is 3.23. The molecule has 1 unspecified atom stereocenters. The third-order valence-electron chi connectivity index (χ3n) is 4.66. The molecule has 1 saturated heterocycles. The maximum absolute atomic E-state index is 12.7. The second-order valence-corrected chi connectivity index (χ2v) is 6.78. The highest BCUT2D eigenvalue weighted by Crippen LogP contribution is 2.28. The SMILES string of the molecule is FC(F)(F)c1cnc(N2CCn3nc(COCC4COCCN4)cc3C2)nc1. The molecule has 1 fully saturated rings. The van der Waals surface area contributed by atoms with Crippen molar-refractivity contribution in [3.8, 4) is 0 Å². The third-order valence-corrected chi connectivity index (χ3v) is 4.66. The standard InChI is InChI=1S/C17H21F3N6O2/c18-17(19,20)12-6-22-16(23-7-12)25-2-3-26-15(8-25)5-13(24-26)9-28-11-14-10-27-4-1-21-14/h5-7,14,21H,1-4,8-11H2. The minimum Gasteiger partial charge on any atom is -0.378 e. The lowest BCUT2D eigenvalue weighted by Crippen LogP contribution is -2.44. The number of ether oxygens (including phenoxy) is 2. The lowest BCUT2D eigenvalue weighted by molar-refractivity contribution is -0.138. The zero-order valence-corrected chi connectivity index (χ0v) is 15.2. The van der Waals surface area contributed by atoms with Gasteiger partial charge in [-0.2, -0.15) is 18.3 Å². The molecule has 2 aliphatic heterocycles. The topological polar surface area (TPSA) is 77.3 Å². The first-order valence-corrected chi connectivity index (χ1v) is 9.08. The van der Waals surface area contributed by atoms with E-state index in [-0.39, 0.29) is 12.0 Å². The zero-order chi connectivity index (χ0) is 19.6. The quantitative estimate of drug-likeness (QED) is 0.812. The van der Waals surface area contributed by atoms with Crippen LogP contribution in [0.3, 0.4) is 0 Å². The summed E-state index contributed by atoms with van der Waals surface area (Å²) in [5, 5.41) is 7.86. The van der Waals surface area contributed by atoms with E-state index in [2.05, 4.69) is 20.4 Å². The molecule has 2 aliphatic rings. The summed E-state index contributed by atoms with van der Waals surface area (Å²) in [5.74, 6) is 0.279. The van der Waals surface area contributed by atoms with Gasteiger partial charge in [-0.3, -0.25) is 4.68 Å². The van der Waals surface area contributed by atoms with Crippen LogP contribution in [-0.4, -0.2) is 58.7 Å². The van der Waals surface area contributed by atoms with E-state index >= 15 is 0 Å². The Morgan fingerprint density at radius 2 is 2.07 bits per heavy atom. The van der Waals surface area contributed by atoms with E-state index in [9.17, 15) is 13.2 Å². The van der Waals surface area contributed by atoms with Crippen LogP contribution in [0.4, 0.5) is 19.1 Å². The molecule has 0 bridgehead atoms. The molecular weight excluding hydrogens is 377 g/mol. The number of fused-ring (bicyclic) bond motifs is 1. The Morgan fingerprint density at radius 3 is 2.79 bits per heavy atom. The molecular formula is C17H21F3N6O2. The van der Waals surface area contributed by atoms with Gasteiger partial charge >= 0.3 is 6.18 Å². The largest absolute Gasteiger partial charge is 0.419 e. The molecule has 2 aromatic rings. The van der Waals surface area contributed by atoms with Gasteiger partial charge in [0.25, 0.3) is 0 Å². The van der Waals surface area contributed by atoms with Gasteiger partial charge in [-0.05, 0) is 6.07 Å². The summed E-state index contributed by atoms with van der Waals surface area (Å²) >= 11 is 0. The average molecular weight is 398 g/mol. The first-order valence-electron chi connectivity index (χ1n) is 9.08. The molecule has 11 heteroatoms. The van der Waals surface area contributed by atoms with Crippen LogP contribution in [0.2, 0.25) is 0 Å². The number of anilines is 1. The number of nitrogens with zero attached hydrogens (tertiary/aromatic N) is 5. The lowest BCUT2D eigenvalue weighted by Gasteiger charge is -2.27. The molecule has 0 spiro atoms. The first kappa shape index (κ1) is 19.1. The average Bonchev–Trinajstić information content (AvgIpc) is 3.10. The maximum atomic E-state index is 12.7. The van der Waals surface area contributed by atoms with Crippen LogP contribution in [0, 0.1) is 0 Å². The number of nitrogens with one attached hydrogen (secondary N) is 1. The maximum Gasteiger partial charge on any atom is 0.419 e. The first-order chi connectivity index (χ1) is 13.5. The van der Waals surface area contributed by atoms with Gasteiger partial charge in [0.15, 0.2) is 0 Å². The van der Waals surface area contributed by atoms with Gasteiger partial charge in [0.1, 0.15) is 0 Å². The fourth-order valence-electron chi connectivity index (χ4n) is 3.23. The molecule has 0 saturated carbocycles. The minimum absolute atomic E-state index is 0.193. The van der Waals surface area contributed by atoms with Crippen LogP contribution in [0.25, 0.3) is 0 Å². The Morgan fingerprint density at radius 1 is 1.25 bits per heavy atom. The Balaban J connectivity index is 1.33. The van der Waals surface area contributed by atoms with E-state index in [4.69, 9.17) is 9.47 Å². The Hall–Kier alpha value is -2.24. The van der Waals surface area contributed by atoms with Crippen molar-refractivity contribution in [3.05, 3.63) is 35.4 Å². The smallest absolute Gasteiger partial charge is 0.378 e. The summed E-state index contributed by atoms with van der Waals surface area (Å²) in [7, 11) is 0. The second kappa shape index (κ2) is 8.02. The summed E-state index contributed by atoms with van der Waals surface area (Å²) < 4.78 is 51.0. The molecule has 1 N–H and O–H groups in total. The monoisotopic (exact) mass is 398 g/mol. The van der Waals surface area contributed by atoms with Crippen molar-refractivity contribution in [1.82, 2.24) is 25.1 Å². The molecule has 0 aromatic carbocycles. The highest BCUT2D eigenvalue weighted by atomic mass is 19.4. The molecule has 4 heterocycles. The van der Waals surface area contributed by atoms with Gasteiger partial charge < -0.3 is 19.7 Å². The summed E-state index contributed by atoms with van der Waals surface area (Å²) in [6.07, 6.45) is -2.81. The van der Waals surface area contributed by atoms with Crippen molar-refractivity contribution in [3.63, 3.8) is 0 Å². The van der Waals surface area contributed by atoms with E-state index in [1.807, 2.05) is 15.6 Å². The summed E-state index contributed by atoms with van der Waals surface area (Å²) in [6, 6.07) is 2.14. The van der Waals surface area contributed by atoms with Crippen LogP contribution in [0.1, 0.15) is 17.0 Å². The molecule has 28 heavy (non-hydrogen) atoms. The molecule has 1 atom stereocenters. The van der Waals surface area contributed by atoms with Gasteiger partial charge in [-0.25, -0.2) is 9.97 Å². The van der Waals surface area contributed by atoms with Crippen molar-refractivity contribution in [1.29, 1.82) is 0 Å². The van der Waals surface area contributed by atoms with Crippen molar-refractivity contribution in [2.45, 2.75) is 31.9 Å². The van der Waals surface area contributed by atoms with Crippen molar-refractivity contribution < 1.29 is 22.6 Å². The van der Waals surface area contributed by atoms with Crippen LogP contribution in [-0.2, 0) is 35.3 Å². The minimum atomic E-state index is -4.44. The molecule has 4 rings (SSSR count). The van der Waals surface area contributed by atoms with Crippen molar-refractivity contribution in [2.24, 2.45) is 0 Å². The normalized spacial score (nSPS) is 20.2. The van der Waals surface area contributed by atoms with Crippen LogP contribution in [0.15, 0.2) is 18.5 Å². The Labute approximate surface area is 159 Å². The summed E-state index contributed by atoms with van der Waals surface area (Å²) in [5.41, 5.74) is 0.921. The predicted molar refractivity (Wildman–Crippen MR) is 92.6 cm³/mol. The lowest BCUT2D eigenvalue weighted by atomic mass is 10.3. The molecule has 0 aliphatic carbocycles. The summed E-state index contributed by atoms with van der Waals surface area (Å²) in [6.45, 7) is 4.81. The molecule has 0 radical (unpaired) electrons. The van der Waals surface area contributed by atoms with Gasteiger partial charge in [-0.15, -0.1) is 0 Å². The van der Waals surface area contributed by atoms with Gasteiger partial charge in [0, 0.05) is 25.5 Å². The zero-order valence-electron chi connectivity index (χ0n) is 15.2. The molecule has 8 nitrogen and oxygen atoms in total. The van der Waals surface area contributed by atoms with Crippen LogP contribution in [0.5, 0.6) is 0 Å². The van der Waals surface area contributed by atoms with Gasteiger partial charge in [-0.1, -0.05) is 0 Å². The predicted octanol–water partition coefficient (Wildman–Crippen LogP) is 1.22. The molecule has 2 aromatic heterocycles. The van der Waals surface area contributed by atoms with E-state index < -0.39 is 11.7 Å². The van der Waals surface area contributed by atoms with E-state index in [1.54, 1.807) is 0 Å². The molecule has 152 valence electrons. The summed E-state index contributed by atoms with van der Waals surface area (Å²) in [4.78, 5) is 9.58. The highest BCUT2D eigenvalue weighted by molar-refractivity contribution is 5.33. The fraction of sp³-hybridized carbons (Fsp3) is 0.588. The van der Waals surface area contributed by atoms with Crippen molar-refractivity contribution in [2.75, 3.05) is 37.8 Å².